The molecule has 2 aromatic carbocycles. The monoisotopic (exact) mass is 427 g/mol. The summed E-state index contributed by atoms with van der Waals surface area (Å²) in [6, 6.07) is 17.7. The normalized spacial score (nSPS) is 17.7. The molecule has 0 radical (unpaired) electrons. The number of aromatic nitrogens is 4. The highest BCUT2D eigenvalue weighted by Gasteiger charge is 2.35. The minimum Gasteiger partial charge on any atom is -0.333 e. The van der Waals surface area contributed by atoms with Gasteiger partial charge in [-0.15, -0.1) is 0 Å². The molecule has 0 spiro atoms. The highest BCUT2D eigenvalue weighted by atomic mass is 32.2. The fourth-order valence-corrected chi connectivity index (χ4v) is 5.28. The van der Waals surface area contributed by atoms with Gasteiger partial charge in [0.1, 0.15) is 6.54 Å². The molecular weight excluding hydrogens is 406 g/mol. The molecule has 1 atom stereocenters. The zero-order valence-electron chi connectivity index (χ0n) is 16.2. The lowest BCUT2D eigenvalue weighted by molar-refractivity contribution is -0.134. The van der Waals surface area contributed by atoms with Crippen molar-refractivity contribution >= 4 is 15.7 Å². The number of rotatable bonds is 6. The van der Waals surface area contributed by atoms with Gasteiger partial charge in [-0.05, 0) is 34.5 Å². The van der Waals surface area contributed by atoms with Gasteiger partial charge in [0.25, 0.3) is 0 Å². The maximum atomic E-state index is 13.1. The average Bonchev–Trinajstić information content (AvgIpc) is 3.29. The summed E-state index contributed by atoms with van der Waals surface area (Å²) < 4.78 is 26.1. The third kappa shape index (κ3) is 4.33. The maximum Gasteiger partial charge on any atom is 0.368 e. The Balaban J connectivity index is 1.58. The van der Waals surface area contributed by atoms with Crippen molar-refractivity contribution in [2.75, 3.05) is 11.5 Å². The first-order valence-corrected chi connectivity index (χ1v) is 11.4. The molecule has 30 heavy (non-hydrogen) atoms. The van der Waals surface area contributed by atoms with E-state index in [-0.39, 0.29) is 30.5 Å². The number of tetrazole rings is 1. The van der Waals surface area contributed by atoms with E-state index in [2.05, 4.69) is 10.4 Å². The van der Waals surface area contributed by atoms with Crippen LogP contribution in [0.2, 0.25) is 0 Å². The Morgan fingerprint density at radius 3 is 2.33 bits per heavy atom. The topological polar surface area (TPSA) is 107 Å². The van der Waals surface area contributed by atoms with Crippen LogP contribution in [0.15, 0.2) is 65.5 Å². The van der Waals surface area contributed by atoms with E-state index in [1.165, 1.54) is 4.90 Å². The lowest BCUT2D eigenvalue weighted by Crippen LogP contribution is -2.43. The summed E-state index contributed by atoms with van der Waals surface area (Å²) in [6.07, 6.45) is 0.381. The predicted octanol–water partition coefficient (Wildman–Crippen LogP) is 0.645. The van der Waals surface area contributed by atoms with Crippen molar-refractivity contribution in [3.05, 3.63) is 76.7 Å². The molecule has 0 bridgehead atoms. The number of sulfone groups is 1. The fourth-order valence-electron chi connectivity index (χ4n) is 3.55. The number of benzene rings is 2. The molecule has 1 saturated heterocycles. The minimum atomic E-state index is -3.17. The van der Waals surface area contributed by atoms with Crippen LogP contribution in [0.5, 0.6) is 0 Å². The molecule has 10 heteroatoms. The second-order valence-electron chi connectivity index (χ2n) is 7.23. The van der Waals surface area contributed by atoms with Crippen molar-refractivity contribution in [1.82, 2.24) is 24.7 Å². The van der Waals surface area contributed by atoms with E-state index < -0.39 is 21.6 Å². The van der Waals surface area contributed by atoms with Crippen LogP contribution in [-0.4, -0.2) is 56.6 Å². The first kappa shape index (κ1) is 20.0. The van der Waals surface area contributed by atoms with Crippen LogP contribution in [0, 0.1) is 0 Å². The number of carbonyl (C=O) groups is 1. The van der Waals surface area contributed by atoms with E-state index >= 15 is 0 Å². The van der Waals surface area contributed by atoms with E-state index in [4.69, 9.17) is 0 Å². The molecule has 0 aliphatic carbocycles. The number of nitrogens with zero attached hydrogens (tertiary/aromatic N) is 5. The van der Waals surface area contributed by atoms with Gasteiger partial charge in [0.15, 0.2) is 9.84 Å². The first-order valence-electron chi connectivity index (χ1n) is 9.55. The van der Waals surface area contributed by atoms with Gasteiger partial charge < -0.3 is 4.90 Å². The molecule has 1 aliphatic rings. The summed E-state index contributed by atoms with van der Waals surface area (Å²) in [5.74, 6) is -0.388. The van der Waals surface area contributed by atoms with Gasteiger partial charge in [0.05, 0.1) is 17.2 Å². The molecule has 1 amide bonds. The number of para-hydroxylation sites is 1. The molecule has 0 saturated carbocycles. The molecule has 156 valence electrons. The highest BCUT2D eigenvalue weighted by molar-refractivity contribution is 7.91. The van der Waals surface area contributed by atoms with E-state index in [0.29, 0.717) is 12.1 Å². The standard InChI is InChI=1S/C20H21N5O4S/c26-19(14-24-20(27)25(22-21-24)17-9-5-2-6-10-17)23(13-16-7-3-1-4-8-16)18-11-12-30(28,29)15-18/h1-10,18H,11-15H2/t18-/m1/s1. The van der Waals surface area contributed by atoms with Crippen LogP contribution in [0.1, 0.15) is 12.0 Å². The van der Waals surface area contributed by atoms with Gasteiger partial charge in [-0.25, -0.2) is 13.2 Å². The third-order valence-corrected chi connectivity index (χ3v) is 6.84. The third-order valence-electron chi connectivity index (χ3n) is 5.09. The fraction of sp³-hybridized carbons (Fsp3) is 0.300. The van der Waals surface area contributed by atoms with Crippen molar-refractivity contribution in [3.63, 3.8) is 0 Å². The largest absolute Gasteiger partial charge is 0.368 e. The summed E-state index contributed by atoms with van der Waals surface area (Å²) in [4.78, 5) is 27.3. The van der Waals surface area contributed by atoms with E-state index in [1.54, 1.807) is 24.3 Å². The van der Waals surface area contributed by atoms with Gasteiger partial charge in [0.2, 0.25) is 5.91 Å². The van der Waals surface area contributed by atoms with Gasteiger partial charge in [-0.2, -0.15) is 9.36 Å². The Labute approximate surface area is 173 Å². The predicted molar refractivity (Wildman–Crippen MR) is 110 cm³/mol. The molecule has 1 fully saturated rings. The van der Waals surface area contributed by atoms with E-state index in [1.807, 2.05) is 36.4 Å². The second kappa shape index (κ2) is 8.23. The average molecular weight is 427 g/mol. The minimum absolute atomic E-state index is 0.0559. The molecule has 1 aromatic heterocycles. The second-order valence-corrected chi connectivity index (χ2v) is 9.46. The van der Waals surface area contributed by atoms with E-state index in [9.17, 15) is 18.0 Å². The Bertz CT molecular complexity index is 1190. The van der Waals surface area contributed by atoms with Crippen molar-refractivity contribution in [2.24, 2.45) is 0 Å². The Morgan fingerprint density at radius 2 is 1.70 bits per heavy atom. The molecule has 9 nitrogen and oxygen atoms in total. The van der Waals surface area contributed by atoms with E-state index in [0.717, 1.165) is 14.9 Å². The van der Waals surface area contributed by atoms with Crippen LogP contribution in [-0.2, 0) is 27.7 Å². The zero-order chi connectivity index (χ0) is 21.1. The molecule has 4 rings (SSSR count). The Hall–Kier alpha value is -3.27. The zero-order valence-corrected chi connectivity index (χ0v) is 17.0. The lowest BCUT2D eigenvalue weighted by Gasteiger charge is -2.28. The smallest absolute Gasteiger partial charge is 0.333 e. The van der Waals surface area contributed by atoms with Crippen molar-refractivity contribution in [3.8, 4) is 5.69 Å². The van der Waals surface area contributed by atoms with Gasteiger partial charge in [-0.1, -0.05) is 48.5 Å². The number of carbonyl (C=O) groups excluding carboxylic acids is 1. The van der Waals surface area contributed by atoms with Gasteiger partial charge in [-0.3, -0.25) is 4.79 Å². The Morgan fingerprint density at radius 1 is 1.03 bits per heavy atom. The SMILES string of the molecule is O=C(Cn1nnn(-c2ccccc2)c1=O)N(Cc1ccccc1)[C@@H]1CCS(=O)(=O)C1. The van der Waals surface area contributed by atoms with Gasteiger partial charge in [0, 0.05) is 12.6 Å². The highest BCUT2D eigenvalue weighted by Crippen LogP contribution is 2.20. The molecule has 0 unspecified atom stereocenters. The number of hydrogen-bond donors (Lipinski definition) is 0. The summed E-state index contributed by atoms with van der Waals surface area (Å²) in [7, 11) is -3.17. The van der Waals surface area contributed by atoms with Crippen molar-refractivity contribution in [2.45, 2.75) is 25.6 Å². The first-order chi connectivity index (χ1) is 14.4. The lowest BCUT2D eigenvalue weighted by atomic mass is 10.1. The Kier molecular flexibility index (Phi) is 5.49. The molecule has 1 aliphatic heterocycles. The molecular formula is C20H21N5O4S. The maximum absolute atomic E-state index is 13.1. The summed E-state index contributed by atoms with van der Waals surface area (Å²) >= 11 is 0. The van der Waals surface area contributed by atoms with Crippen molar-refractivity contribution in [1.29, 1.82) is 0 Å². The molecule has 2 heterocycles. The summed E-state index contributed by atoms with van der Waals surface area (Å²) in [6.45, 7) is -0.0452. The van der Waals surface area contributed by atoms with Crippen LogP contribution in [0.3, 0.4) is 0 Å². The molecule has 0 N–H and O–H groups in total. The van der Waals surface area contributed by atoms with Crippen LogP contribution in [0.25, 0.3) is 5.69 Å². The van der Waals surface area contributed by atoms with Gasteiger partial charge >= 0.3 is 5.69 Å². The molecule has 3 aromatic rings. The van der Waals surface area contributed by atoms with Crippen LogP contribution in [0.4, 0.5) is 0 Å². The number of amides is 1. The summed E-state index contributed by atoms with van der Waals surface area (Å²) in [5.41, 5.74) is 0.896. The quantitative estimate of drug-likeness (QED) is 0.572. The van der Waals surface area contributed by atoms with Crippen LogP contribution < -0.4 is 5.69 Å². The van der Waals surface area contributed by atoms with Crippen molar-refractivity contribution < 1.29 is 13.2 Å². The number of hydrogen-bond acceptors (Lipinski definition) is 6. The van der Waals surface area contributed by atoms with Crippen LogP contribution >= 0.6 is 0 Å². The summed E-state index contributed by atoms with van der Waals surface area (Å²) in [5, 5.41) is 7.68.